The molecule has 1 N–H and O–H groups in total. The lowest BCUT2D eigenvalue weighted by Crippen LogP contribution is -2.14. The number of pyridine rings is 1. The molecule has 3 aromatic rings. The van der Waals surface area contributed by atoms with E-state index in [0.717, 1.165) is 29.1 Å². The maximum absolute atomic E-state index is 12.2. The van der Waals surface area contributed by atoms with Gasteiger partial charge in [-0.1, -0.05) is 11.6 Å². The van der Waals surface area contributed by atoms with Crippen LogP contribution in [0.15, 0.2) is 63.3 Å². The number of hydrogen-bond donors (Lipinski definition) is 1. The molecule has 152 valence electrons. The number of aliphatic imine (C=N–C) groups is 2. The second-order valence-electron chi connectivity index (χ2n) is 6.86. The van der Waals surface area contributed by atoms with E-state index in [9.17, 15) is 4.79 Å². The SMILES string of the molecule is CCN(C)C=Nc1cnc2c(c1)CC(c1cc(NC(=O)c3ccco3)ccc1Cl)=N2. The number of carbonyl (C=O) groups excluding carboxylic acids is 1. The molecule has 1 aromatic carbocycles. The van der Waals surface area contributed by atoms with E-state index < -0.39 is 0 Å². The van der Waals surface area contributed by atoms with Crippen molar-refractivity contribution in [3.05, 3.63) is 70.8 Å². The number of amides is 1. The molecule has 0 radical (unpaired) electrons. The minimum Gasteiger partial charge on any atom is -0.459 e. The summed E-state index contributed by atoms with van der Waals surface area (Å²) in [5.41, 5.74) is 3.91. The number of furan rings is 1. The number of anilines is 1. The summed E-state index contributed by atoms with van der Waals surface area (Å²) >= 11 is 6.43. The van der Waals surface area contributed by atoms with Gasteiger partial charge >= 0.3 is 0 Å². The van der Waals surface area contributed by atoms with Gasteiger partial charge in [0, 0.05) is 41.9 Å². The van der Waals surface area contributed by atoms with Gasteiger partial charge in [-0.25, -0.2) is 15.0 Å². The molecule has 0 atom stereocenters. The van der Waals surface area contributed by atoms with E-state index in [1.165, 1.54) is 6.26 Å². The number of hydrogen-bond acceptors (Lipinski definition) is 5. The predicted octanol–water partition coefficient (Wildman–Crippen LogP) is 4.87. The van der Waals surface area contributed by atoms with E-state index in [1.807, 2.05) is 24.1 Å². The number of halogens is 1. The van der Waals surface area contributed by atoms with Crippen LogP contribution < -0.4 is 5.32 Å². The first-order valence-corrected chi connectivity index (χ1v) is 9.87. The number of rotatable bonds is 6. The van der Waals surface area contributed by atoms with Crippen LogP contribution in [0.2, 0.25) is 5.02 Å². The van der Waals surface area contributed by atoms with Crippen LogP contribution in [-0.2, 0) is 6.42 Å². The zero-order valence-corrected chi connectivity index (χ0v) is 17.3. The highest BCUT2D eigenvalue weighted by Gasteiger charge is 2.20. The lowest BCUT2D eigenvalue weighted by molar-refractivity contribution is 0.0996. The molecule has 7 nitrogen and oxygen atoms in total. The van der Waals surface area contributed by atoms with Crippen LogP contribution >= 0.6 is 11.6 Å². The topological polar surface area (TPSA) is 83.1 Å². The van der Waals surface area contributed by atoms with Crippen LogP contribution in [0.25, 0.3) is 0 Å². The van der Waals surface area contributed by atoms with Crippen LogP contribution in [0.4, 0.5) is 17.2 Å². The lowest BCUT2D eigenvalue weighted by atomic mass is 10.0. The maximum atomic E-state index is 12.2. The Morgan fingerprint density at radius 1 is 1.37 bits per heavy atom. The van der Waals surface area contributed by atoms with Crippen LogP contribution in [0.1, 0.15) is 28.6 Å². The summed E-state index contributed by atoms with van der Waals surface area (Å²) in [5.74, 6) is 0.572. The van der Waals surface area contributed by atoms with Gasteiger partial charge in [-0.3, -0.25) is 4.79 Å². The van der Waals surface area contributed by atoms with Crippen LogP contribution in [0, 0.1) is 0 Å². The average Bonchev–Trinajstić information content (AvgIpc) is 3.43. The number of carbonyl (C=O) groups is 1. The Morgan fingerprint density at radius 2 is 2.23 bits per heavy atom. The van der Waals surface area contributed by atoms with Crippen molar-refractivity contribution in [2.75, 3.05) is 18.9 Å². The summed E-state index contributed by atoms with van der Waals surface area (Å²) in [5, 5.41) is 3.37. The molecule has 1 aliphatic rings. The van der Waals surface area contributed by atoms with Gasteiger partial charge in [-0.15, -0.1) is 0 Å². The molecule has 8 heteroatoms. The third kappa shape index (κ3) is 4.26. The average molecular weight is 422 g/mol. The van der Waals surface area contributed by atoms with Crippen molar-refractivity contribution in [1.82, 2.24) is 9.88 Å². The van der Waals surface area contributed by atoms with Crippen molar-refractivity contribution in [1.29, 1.82) is 0 Å². The Bertz CT molecular complexity index is 1140. The van der Waals surface area contributed by atoms with E-state index in [4.69, 9.17) is 16.0 Å². The molecule has 0 aliphatic carbocycles. The molecule has 0 unspecified atom stereocenters. The van der Waals surface area contributed by atoms with Gasteiger partial charge < -0.3 is 14.6 Å². The minimum absolute atomic E-state index is 0.239. The monoisotopic (exact) mass is 421 g/mol. The number of benzene rings is 1. The van der Waals surface area contributed by atoms with Gasteiger partial charge in [-0.2, -0.15) is 0 Å². The fourth-order valence-corrected chi connectivity index (χ4v) is 3.19. The molecule has 0 saturated heterocycles. The predicted molar refractivity (Wildman–Crippen MR) is 119 cm³/mol. The third-order valence-electron chi connectivity index (χ3n) is 4.71. The molecular weight excluding hydrogens is 402 g/mol. The molecule has 1 aliphatic heterocycles. The van der Waals surface area contributed by atoms with Crippen LogP contribution in [0.5, 0.6) is 0 Å². The van der Waals surface area contributed by atoms with E-state index in [2.05, 4.69) is 27.2 Å². The number of nitrogens with zero attached hydrogens (tertiary/aromatic N) is 4. The summed E-state index contributed by atoms with van der Waals surface area (Å²) in [4.78, 5) is 27.7. The first-order chi connectivity index (χ1) is 14.5. The zero-order chi connectivity index (χ0) is 21.1. The Kier molecular flexibility index (Phi) is 5.63. The summed E-state index contributed by atoms with van der Waals surface area (Å²) < 4.78 is 5.13. The fraction of sp³-hybridized carbons (Fsp3) is 0.182. The molecular formula is C22H20ClN5O2. The van der Waals surface area contributed by atoms with Crippen molar-refractivity contribution in [3.63, 3.8) is 0 Å². The first kappa shape index (κ1) is 19.8. The number of fused-ring (bicyclic) bond motifs is 1. The molecule has 30 heavy (non-hydrogen) atoms. The minimum atomic E-state index is -0.328. The Balaban J connectivity index is 1.54. The van der Waals surface area contributed by atoms with Gasteiger partial charge in [0.25, 0.3) is 5.91 Å². The van der Waals surface area contributed by atoms with Crippen molar-refractivity contribution in [2.45, 2.75) is 13.3 Å². The standard InChI is InChI=1S/C22H20ClN5O2/c1-3-28(2)13-25-16-9-14-10-19(27-21(14)24-12-16)17-11-15(6-7-18(17)23)26-22(29)20-5-4-8-30-20/h4-9,11-13H,3,10H2,1-2H3,(H,26,29). The van der Waals surface area contributed by atoms with Gasteiger partial charge in [0.2, 0.25) is 0 Å². The second kappa shape index (κ2) is 8.51. The Labute approximate surface area is 179 Å². The summed E-state index contributed by atoms with van der Waals surface area (Å²) in [7, 11) is 1.96. The number of aromatic nitrogens is 1. The van der Waals surface area contributed by atoms with Crippen molar-refractivity contribution in [3.8, 4) is 0 Å². The van der Waals surface area contributed by atoms with Gasteiger partial charge in [0.05, 0.1) is 30.2 Å². The summed E-state index contributed by atoms with van der Waals surface area (Å²) in [6, 6.07) is 10.5. The molecule has 0 saturated carbocycles. The Hall–Kier alpha value is -3.45. The summed E-state index contributed by atoms with van der Waals surface area (Å²) in [6.45, 7) is 2.93. The molecule has 1 amide bonds. The number of nitrogens with one attached hydrogen (secondary N) is 1. The molecule has 0 fully saturated rings. The van der Waals surface area contributed by atoms with Crippen molar-refractivity contribution >= 4 is 46.8 Å². The molecule has 0 bridgehead atoms. The Morgan fingerprint density at radius 3 is 3.00 bits per heavy atom. The fourth-order valence-electron chi connectivity index (χ4n) is 2.97. The highest BCUT2D eigenvalue weighted by molar-refractivity contribution is 6.34. The zero-order valence-electron chi connectivity index (χ0n) is 16.6. The van der Waals surface area contributed by atoms with Crippen molar-refractivity contribution < 1.29 is 9.21 Å². The van der Waals surface area contributed by atoms with E-state index >= 15 is 0 Å². The van der Waals surface area contributed by atoms with E-state index in [-0.39, 0.29) is 11.7 Å². The molecule has 2 aromatic heterocycles. The van der Waals surface area contributed by atoms with E-state index in [1.54, 1.807) is 36.8 Å². The van der Waals surface area contributed by atoms with E-state index in [0.29, 0.717) is 22.9 Å². The highest BCUT2D eigenvalue weighted by atomic mass is 35.5. The second-order valence-corrected chi connectivity index (χ2v) is 7.26. The quantitative estimate of drug-likeness (QED) is 0.454. The lowest BCUT2D eigenvalue weighted by Gasteiger charge is -2.09. The molecule has 0 spiro atoms. The molecule has 4 rings (SSSR count). The first-order valence-electron chi connectivity index (χ1n) is 9.49. The van der Waals surface area contributed by atoms with Gasteiger partial charge in [0.1, 0.15) is 0 Å². The third-order valence-corrected chi connectivity index (χ3v) is 5.04. The maximum Gasteiger partial charge on any atom is 0.291 e. The summed E-state index contributed by atoms with van der Waals surface area (Å²) in [6.07, 6.45) is 5.53. The smallest absolute Gasteiger partial charge is 0.291 e. The van der Waals surface area contributed by atoms with Gasteiger partial charge in [-0.05, 0) is 43.3 Å². The highest BCUT2D eigenvalue weighted by Crippen LogP contribution is 2.32. The van der Waals surface area contributed by atoms with Gasteiger partial charge in [0.15, 0.2) is 11.6 Å². The molecule has 3 heterocycles. The van der Waals surface area contributed by atoms with Crippen LogP contribution in [0.3, 0.4) is 0 Å². The normalized spacial score (nSPS) is 12.7. The largest absolute Gasteiger partial charge is 0.459 e. The van der Waals surface area contributed by atoms with Crippen LogP contribution in [-0.4, -0.2) is 41.4 Å². The van der Waals surface area contributed by atoms with Crippen molar-refractivity contribution in [2.24, 2.45) is 9.98 Å².